The molecule has 0 aromatic heterocycles. The van der Waals surface area contributed by atoms with E-state index < -0.39 is 18.1 Å². The number of carbonyl (C=O) groups excluding carboxylic acids is 4. The van der Waals surface area contributed by atoms with Gasteiger partial charge in [-0.2, -0.15) is 0 Å². The van der Waals surface area contributed by atoms with Crippen molar-refractivity contribution in [3.05, 3.63) is 0 Å². The predicted molar refractivity (Wildman–Crippen MR) is 91.0 cm³/mol. The van der Waals surface area contributed by atoms with Crippen LogP contribution in [0, 0.1) is 0 Å². The molecule has 0 heterocycles. The van der Waals surface area contributed by atoms with Gasteiger partial charge < -0.3 is 0 Å². The molecule has 10 nitrogen and oxygen atoms in total. The third-order valence-electron chi connectivity index (χ3n) is 1.69. The second kappa shape index (κ2) is 17.3. The summed E-state index contributed by atoms with van der Waals surface area (Å²) in [6.07, 6.45) is -0.376. The van der Waals surface area contributed by atoms with Crippen molar-refractivity contribution in [2.45, 2.75) is 80.4 Å². The molecule has 0 aliphatic heterocycles. The van der Waals surface area contributed by atoms with E-state index >= 15 is 0 Å². The average Bonchev–Trinajstić information content (AvgIpc) is 2.41. The van der Waals surface area contributed by atoms with Gasteiger partial charge in [-0.3, -0.25) is 19.2 Å². The molecule has 0 aliphatic rings. The first-order valence-electron chi connectivity index (χ1n) is 8.20. The summed E-state index contributed by atoms with van der Waals surface area (Å²) in [6.45, 7) is 12.3. The normalized spacial score (nSPS) is 10.5. The first-order valence-corrected chi connectivity index (χ1v) is 10.9. The minimum absolute atomic E-state index is 0.0625. The van der Waals surface area contributed by atoms with Crippen molar-refractivity contribution < 1.29 is 61.4 Å². The maximum atomic E-state index is 10.0. The molecular formula is C16H32O10Ti. The van der Waals surface area contributed by atoms with Gasteiger partial charge in [-0.25, -0.2) is 0 Å². The Morgan fingerprint density at radius 2 is 0.889 bits per heavy atom. The van der Waals surface area contributed by atoms with Gasteiger partial charge in [0.05, 0.1) is 12.8 Å². The number of ketones is 4. The molecule has 0 aromatic carbocycles. The molecule has 0 atom stereocenters. The summed E-state index contributed by atoms with van der Waals surface area (Å²) < 4.78 is 26.7. The van der Waals surface area contributed by atoms with Crippen LogP contribution < -0.4 is 0 Å². The summed E-state index contributed by atoms with van der Waals surface area (Å²) in [7, 11) is 0. The number of rotatable bonds is 10. The molecule has 0 fully saturated rings. The molecule has 11 heteroatoms. The molecule has 0 unspecified atom stereocenters. The Hall–Kier alpha value is -0.846. The van der Waals surface area contributed by atoms with E-state index in [1.54, 1.807) is 27.7 Å². The summed E-state index contributed by atoms with van der Waals surface area (Å²) in [5, 5.41) is 0. The second-order valence-electron chi connectivity index (χ2n) is 6.17. The van der Waals surface area contributed by atoms with Crippen LogP contribution in [-0.4, -0.2) is 42.7 Å². The van der Waals surface area contributed by atoms with Crippen LogP contribution >= 0.6 is 0 Å². The molecular weight excluding hydrogens is 400 g/mol. The Morgan fingerprint density at radius 3 is 1.00 bits per heavy atom. The molecule has 2 N–H and O–H groups in total. The quantitative estimate of drug-likeness (QED) is 0.226. The van der Waals surface area contributed by atoms with Gasteiger partial charge in [-0.15, -0.1) is 0 Å². The Kier molecular flexibility index (Phi) is 19.7. The first kappa shape index (κ1) is 30.9. The van der Waals surface area contributed by atoms with Crippen molar-refractivity contribution in [3.63, 3.8) is 0 Å². The minimum atomic E-state index is -4.76. The molecule has 0 saturated carbocycles. The van der Waals surface area contributed by atoms with E-state index in [1.807, 2.05) is 0 Å². The van der Waals surface area contributed by atoms with Crippen LogP contribution in [-0.2, 0) is 54.0 Å². The van der Waals surface area contributed by atoms with Gasteiger partial charge in [0.2, 0.25) is 0 Å². The zero-order chi connectivity index (χ0) is 22.2. The second-order valence-corrected chi connectivity index (χ2v) is 8.40. The van der Waals surface area contributed by atoms with Crippen LogP contribution in [0.15, 0.2) is 0 Å². The Labute approximate surface area is 165 Å². The summed E-state index contributed by atoms with van der Waals surface area (Å²) in [4.78, 5) is 49.2. The van der Waals surface area contributed by atoms with Crippen LogP contribution in [0.4, 0.5) is 0 Å². The van der Waals surface area contributed by atoms with Gasteiger partial charge in [0.15, 0.2) is 0 Å². The standard InChI is InChI=1S/2C5H8O2.2C3H8O2.2H2O.Ti/c2*1-4(6)3-5(2)7;2*1-3(2)5-4;;;/h2*3H2,1-2H3;2*3-4H,1-2H3;2*1H2;/q;;;;;;+4/p-4. The molecule has 0 aliphatic carbocycles. The fourth-order valence-corrected chi connectivity index (χ4v) is 2.07. The molecule has 0 rings (SSSR count). The summed E-state index contributed by atoms with van der Waals surface area (Å²) >= 11 is -4.76. The fraction of sp³-hybridized carbons (Fsp3) is 0.750. The van der Waals surface area contributed by atoms with Gasteiger partial charge in [-0.05, 0) is 27.7 Å². The number of hydrogen-bond donors (Lipinski definition) is 2. The molecule has 0 radical (unpaired) electrons. The summed E-state index contributed by atoms with van der Waals surface area (Å²) in [5.41, 5.74) is 0. The van der Waals surface area contributed by atoms with E-state index in [0.29, 0.717) is 0 Å². The number of Topliss-reactive ketones (excluding diaryl/α,β-unsaturated/α-hetero) is 4. The summed E-state index contributed by atoms with van der Waals surface area (Å²) in [5.74, 6) is -0.250. The van der Waals surface area contributed by atoms with Crippen LogP contribution in [0.5, 0.6) is 0 Å². The Bertz CT molecular complexity index is 396. The molecule has 0 spiro atoms. The third-order valence-corrected chi connectivity index (χ3v) is 2.67. The number of hydrogen-bond acceptors (Lipinski definition) is 10. The molecule has 160 valence electrons. The summed E-state index contributed by atoms with van der Waals surface area (Å²) in [6, 6.07) is 0. The first-order chi connectivity index (χ1) is 12.1. The van der Waals surface area contributed by atoms with Crippen molar-refractivity contribution in [1.82, 2.24) is 0 Å². The molecule has 0 amide bonds. The SMILES string of the molecule is CC(=O)CC(C)=O.CC(=O)CC(C)=O.CC(C)O[O][Ti]([OH])([OH])[O]OC(C)C. The third kappa shape index (κ3) is 36.8. The van der Waals surface area contributed by atoms with E-state index in [4.69, 9.17) is 7.38 Å². The van der Waals surface area contributed by atoms with Gasteiger partial charge in [0, 0.05) is 0 Å². The van der Waals surface area contributed by atoms with E-state index in [1.165, 1.54) is 27.7 Å². The average molecular weight is 432 g/mol. The molecule has 27 heavy (non-hydrogen) atoms. The maximum absolute atomic E-state index is 10.0. The van der Waals surface area contributed by atoms with Gasteiger partial charge in [-0.1, -0.05) is 0 Å². The van der Waals surface area contributed by atoms with E-state index in [0.717, 1.165) is 0 Å². The zero-order valence-corrected chi connectivity index (χ0v) is 18.8. The van der Waals surface area contributed by atoms with Gasteiger partial charge >= 0.3 is 82.1 Å². The number of carbonyl (C=O) groups is 4. The predicted octanol–water partition coefficient (Wildman–Crippen LogP) is 1.61. The van der Waals surface area contributed by atoms with Crippen molar-refractivity contribution in [2.75, 3.05) is 0 Å². The van der Waals surface area contributed by atoms with Gasteiger partial charge in [0.25, 0.3) is 0 Å². The van der Waals surface area contributed by atoms with Crippen molar-refractivity contribution >= 4 is 23.1 Å². The van der Waals surface area contributed by atoms with E-state index in [2.05, 4.69) is 16.7 Å². The Morgan fingerprint density at radius 1 is 0.667 bits per heavy atom. The van der Waals surface area contributed by atoms with E-state index in [-0.39, 0.29) is 48.2 Å². The molecule has 0 bridgehead atoms. The zero-order valence-electron chi connectivity index (χ0n) is 17.2. The fourth-order valence-electron chi connectivity index (χ4n) is 1.03. The Balaban J connectivity index is -0.000000350. The molecule has 0 saturated heterocycles. The van der Waals surface area contributed by atoms with Crippen molar-refractivity contribution in [3.8, 4) is 0 Å². The molecule has 0 aromatic rings. The van der Waals surface area contributed by atoms with Crippen LogP contribution in [0.25, 0.3) is 0 Å². The van der Waals surface area contributed by atoms with Crippen molar-refractivity contribution in [2.24, 2.45) is 0 Å². The monoisotopic (exact) mass is 432 g/mol. The van der Waals surface area contributed by atoms with Crippen LogP contribution in [0.2, 0.25) is 0 Å². The van der Waals surface area contributed by atoms with Crippen LogP contribution in [0.1, 0.15) is 68.2 Å². The van der Waals surface area contributed by atoms with Gasteiger partial charge in [0.1, 0.15) is 23.1 Å². The topological polar surface area (TPSA) is 146 Å². The van der Waals surface area contributed by atoms with Crippen LogP contribution in [0.3, 0.4) is 0 Å². The van der Waals surface area contributed by atoms with Crippen molar-refractivity contribution in [1.29, 1.82) is 0 Å². The van der Waals surface area contributed by atoms with E-state index in [9.17, 15) is 19.2 Å².